The van der Waals surface area contributed by atoms with Crippen LogP contribution in [0.25, 0.3) is 0 Å². The third kappa shape index (κ3) is 6.55. The number of ether oxygens (including phenoxy) is 1. The highest BCUT2D eigenvalue weighted by molar-refractivity contribution is 7.89. The molecule has 33 heavy (non-hydrogen) atoms. The van der Waals surface area contributed by atoms with Crippen LogP contribution in [0.1, 0.15) is 36.2 Å². The molecule has 1 heterocycles. The molecule has 0 radical (unpaired) electrons. The largest absolute Gasteiger partial charge is 0.497 e. The summed E-state index contributed by atoms with van der Waals surface area (Å²) in [7, 11) is -2.11. The van der Waals surface area contributed by atoms with Crippen molar-refractivity contribution < 1.29 is 22.7 Å². The second kappa shape index (κ2) is 10.8. The van der Waals surface area contributed by atoms with Gasteiger partial charge in [0.15, 0.2) is 0 Å². The molecule has 0 spiro atoms. The maximum absolute atomic E-state index is 13.1. The van der Waals surface area contributed by atoms with Crippen molar-refractivity contribution in [3.05, 3.63) is 59.7 Å². The van der Waals surface area contributed by atoms with Crippen LogP contribution in [0.15, 0.2) is 53.4 Å². The average molecular weight is 474 g/mol. The Morgan fingerprint density at radius 3 is 2.33 bits per heavy atom. The lowest BCUT2D eigenvalue weighted by Crippen LogP contribution is -2.42. The first-order chi connectivity index (χ1) is 15.7. The van der Waals surface area contributed by atoms with Crippen LogP contribution in [0.2, 0.25) is 0 Å². The molecule has 2 unspecified atom stereocenters. The molecule has 3 rings (SSSR count). The fraction of sp³-hybridized carbons (Fsp3) is 0.417. The highest BCUT2D eigenvalue weighted by Crippen LogP contribution is 2.27. The first kappa shape index (κ1) is 24.7. The van der Waals surface area contributed by atoms with E-state index < -0.39 is 15.9 Å². The highest BCUT2D eigenvalue weighted by atomic mass is 32.2. The highest BCUT2D eigenvalue weighted by Gasteiger charge is 2.32. The van der Waals surface area contributed by atoms with Crippen molar-refractivity contribution >= 4 is 21.8 Å². The number of hydrogen-bond donors (Lipinski definition) is 2. The number of carbonyl (C=O) groups is 2. The van der Waals surface area contributed by atoms with Crippen LogP contribution >= 0.6 is 0 Å². The normalized spacial score (nSPS) is 19.0. The molecule has 9 heteroatoms. The van der Waals surface area contributed by atoms with E-state index in [1.54, 1.807) is 25.3 Å². The van der Waals surface area contributed by atoms with Crippen LogP contribution in [-0.4, -0.2) is 51.3 Å². The third-order valence-corrected chi connectivity index (χ3v) is 7.46. The molecule has 178 valence electrons. The zero-order chi connectivity index (χ0) is 24.0. The predicted octanol–water partition coefficient (Wildman–Crippen LogP) is 2.41. The molecule has 1 fully saturated rings. The molecule has 2 aromatic carbocycles. The van der Waals surface area contributed by atoms with Crippen molar-refractivity contribution in [2.45, 2.75) is 31.7 Å². The Labute approximate surface area is 195 Å². The van der Waals surface area contributed by atoms with Gasteiger partial charge in [0.2, 0.25) is 15.9 Å². The quantitative estimate of drug-likeness (QED) is 0.613. The number of benzene rings is 2. The van der Waals surface area contributed by atoms with E-state index in [4.69, 9.17) is 4.74 Å². The molecule has 2 aromatic rings. The average Bonchev–Trinajstić information content (AvgIpc) is 2.81. The molecule has 1 aliphatic rings. The fourth-order valence-corrected chi connectivity index (χ4v) is 5.74. The van der Waals surface area contributed by atoms with Crippen LogP contribution in [-0.2, 0) is 21.4 Å². The van der Waals surface area contributed by atoms with E-state index in [9.17, 15) is 18.0 Å². The Bertz CT molecular complexity index is 1080. The molecule has 1 aliphatic heterocycles. The minimum atomic E-state index is -3.69. The van der Waals surface area contributed by atoms with Crippen LogP contribution in [0.5, 0.6) is 5.75 Å². The van der Waals surface area contributed by atoms with Gasteiger partial charge in [0, 0.05) is 25.2 Å². The Balaban J connectivity index is 1.57. The Kier molecular flexibility index (Phi) is 8.10. The number of piperidine rings is 1. The van der Waals surface area contributed by atoms with Crippen molar-refractivity contribution in [1.82, 2.24) is 14.9 Å². The molecular formula is C24H31N3O5S. The fourth-order valence-electron chi connectivity index (χ4n) is 4.02. The van der Waals surface area contributed by atoms with Crippen molar-refractivity contribution in [2.75, 3.05) is 26.7 Å². The van der Waals surface area contributed by atoms with E-state index >= 15 is 0 Å². The number of carbonyl (C=O) groups excluding carboxylic acids is 2. The first-order valence-corrected chi connectivity index (χ1v) is 12.4. The summed E-state index contributed by atoms with van der Waals surface area (Å²) in [6, 6.07) is 13.2. The van der Waals surface area contributed by atoms with E-state index in [1.165, 1.54) is 22.5 Å². The number of amides is 2. The standard InChI is InChI=1S/C24H31N3O5S/c1-17-11-18(2)16-27(15-17)33(30,31)22-6-4-5-20(12-22)24(29)26-14-23(28)25-13-19-7-9-21(32-3)10-8-19/h4-10,12,17-18H,11,13-16H2,1-3H3,(H,25,28)(H,26,29). The number of nitrogens with one attached hydrogen (secondary N) is 2. The van der Waals surface area contributed by atoms with Gasteiger partial charge >= 0.3 is 0 Å². The number of rotatable bonds is 8. The number of methoxy groups -OCH3 is 1. The lowest BCUT2D eigenvalue weighted by Gasteiger charge is -2.34. The lowest BCUT2D eigenvalue weighted by molar-refractivity contribution is -0.120. The van der Waals surface area contributed by atoms with Gasteiger partial charge in [0.05, 0.1) is 18.6 Å². The van der Waals surface area contributed by atoms with E-state index in [0.717, 1.165) is 17.7 Å². The summed E-state index contributed by atoms with van der Waals surface area (Å²) in [5.41, 5.74) is 1.09. The van der Waals surface area contributed by atoms with E-state index in [-0.39, 0.29) is 34.7 Å². The van der Waals surface area contributed by atoms with Gasteiger partial charge in [-0.3, -0.25) is 9.59 Å². The predicted molar refractivity (Wildman–Crippen MR) is 125 cm³/mol. The van der Waals surface area contributed by atoms with Gasteiger partial charge in [-0.05, 0) is 54.2 Å². The molecule has 8 nitrogen and oxygen atoms in total. The smallest absolute Gasteiger partial charge is 0.251 e. The molecule has 2 N–H and O–H groups in total. The van der Waals surface area contributed by atoms with Crippen LogP contribution in [0.3, 0.4) is 0 Å². The topological polar surface area (TPSA) is 105 Å². The maximum atomic E-state index is 13.1. The van der Waals surface area contributed by atoms with Crippen molar-refractivity contribution in [2.24, 2.45) is 11.8 Å². The third-order valence-electron chi connectivity index (χ3n) is 5.63. The molecule has 0 aromatic heterocycles. The molecule has 1 saturated heterocycles. The number of hydrogen-bond acceptors (Lipinski definition) is 5. The van der Waals surface area contributed by atoms with Crippen LogP contribution < -0.4 is 15.4 Å². The Morgan fingerprint density at radius 1 is 1.03 bits per heavy atom. The van der Waals surface area contributed by atoms with Crippen molar-refractivity contribution in [1.29, 1.82) is 0 Å². The summed E-state index contributed by atoms with van der Waals surface area (Å²) >= 11 is 0. The Morgan fingerprint density at radius 2 is 1.70 bits per heavy atom. The van der Waals surface area contributed by atoms with Gasteiger partial charge in [-0.1, -0.05) is 32.0 Å². The summed E-state index contributed by atoms with van der Waals surface area (Å²) in [4.78, 5) is 24.7. The van der Waals surface area contributed by atoms with Gasteiger partial charge in [0.1, 0.15) is 5.75 Å². The van der Waals surface area contributed by atoms with Gasteiger partial charge in [-0.25, -0.2) is 8.42 Å². The van der Waals surface area contributed by atoms with Gasteiger partial charge < -0.3 is 15.4 Å². The van der Waals surface area contributed by atoms with Crippen molar-refractivity contribution in [3.8, 4) is 5.75 Å². The van der Waals surface area contributed by atoms with Crippen LogP contribution in [0, 0.1) is 11.8 Å². The summed E-state index contributed by atoms with van der Waals surface area (Å²) in [5, 5.41) is 5.28. The maximum Gasteiger partial charge on any atom is 0.251 e. The molecule has 0 saturated carbocycles. The summed E-state index contributed by atoms with van der Waals surface area (Å²) in [5.74, 6) is 0.440. The summed E-state index contributed by atoms with van der Waals surface area (Å²) in [6.45, 7) is 5.13. The van der Waals surface area contributed by atoms with Gasteiger partial charge in [0.25, 0.3) is 5.91 Å². The SMILES string of the molecule is COc1ccc(CNC(=O)CNC(=O)c2cccc(S(=O)(=O)N3CC(C)CC(C)C3)c2)cc1. The van der Waals surface area contributed by atoms with E-state index in [2.05, 4.69) is 10.6 Å². The first-order valence-electron chi connectivity index (χ1n) is 11.0. The van der Waals surface area contributed by atoms with Gasteiger partial charge in [-0.2, -0.15) is 4.31 Å². The van der Waals surface area contributed by atoms with Crippen molar-refractivity contribution in [3.63, 3.8) is 0 Å². The van der Waals surface area contributed by atoms with Gasteiger partial charge in [-0.15, -0.1) is 0 Å². The number of sulfonamides is 1. The zero-order valence-electron chi connectivity index (χ0n) is 19.2. The lowest BCUT2D eigenvalue weighted by atomic mass is 9.94. The van der Waals surface area contributed by atoms with Crippen LogP contribution in [0.4, 0.5) is 0 Å². The second-order valence-electron chi connectivity index (χ2n) is 8.60. The molecule has 2 amide bonds. The molecular weight excluding hydrogens is 442 g/mol. The molecule has 2 atom stereocenters. The summed E-state index contributed by atoms with van der Waals surface area (Å²) in [6.07, 6.45) is 0.995. The molecule has 0 bridgehead atoms. The minimum absolute atomic E-state index is 0.0837. The van der Waals surface area contributed by atoms with E-state index in [0.29, 0.717) is 19.6 Å². The summed E-state index contributed by atoms with van der Waals surface area (Å²) < 4.78 is 32.8. The Hall–Kier alpha value is -2.91. The monoisotopic (exact) mass is 473 g/mol. The second-order valence-corrected chi connectivity index (χ2v) is 10.5. The zero-order valence-corrected chi connectivity index (χ0v) is 20.0. The minimum Gasteiger partial charge on any atom is -0.497 e. The molecule has 0 aliphatic carbocycles. The number of nitrogens with zero attached hydrogens (tertiary/aromatic N) is 1. The van der Waals surface area contributed by atoms with E-state index in [1.807, 2.05) is 26.0 Å².